The summed E-state index contributed by atoms with van der Waals surface area (Å²) in [5.74, 6) is -0.129. The molecule has 5 heteroatoms. The molecule has 0 fully saturated rings. The number of hydrogen-bond donors (Lipinski definition) is 0. The van der Waals surface area contributed by atoms with Gasteiger partial charge in [-0.2, -0.15) is 0 Å². The summed E-state index contributed by atoms with van der Waals surface area (Å²) in [4.78, 5) is 22.4. The van der Waals surface area contributed by atoms with Crippen LogP contribution in [0.5, 0.6) is 0 Å². The highest BCUT2D eigenvalue weighted by Crippen LogP contribution is 2.16. The highest BCUT2D eigenvalue weighted by atomic mass is 16.7. The maximum Gasteiger partial charge on any atom is 0.508 e. The van der Waals surface area contributed by atoms with E-state index in [-0.39, 0.29) is 12.1 Å². The number of rotatable bonds is 17. The molecule has 0 aromatic heterocycles. The van der Waals surface area contributed by atoms with E-state index in [1.807, 2.05) is 0 Å². The molecular formula is C21H39O5. The van der Waals surface area contributed by atoms with Crippen LogP contribution in [0.4, 0.5) is 4.79 Å². The van der Waals surface area contributed by atoms with Crippen LogP contribution in [-0.2, 0) is 19.0 Å². The molecule has 26 heavy (non-hydrogen) atoms. The molecule has 0 aliphatic heterocycles. The molecule has 0 saturated heterocycles. The SMILES string of the molecule is CCCCCCCCC([CH]CCCCCCCC(=O)OC)OC(=O)OC. The van der Waals surface area contributed by atoms with Gasteiger partial charge in [0.25, 0.3) is 0 Å². The Balaban J connectivity index is 3.76. The van der Waals surface area contributed by atoms with Crippen LogP contribution in [0, 0.1) is 6.42 Å². The summed E-state index contributed by atoms with van der Waals surface area (Å²) in [6, 6.07) is 0. The number of methoxy groups -OCH3 is 2. The van der Waals surface area contributed by atoms with Gasteiger partial charge in [-0.05, 0) is 25.7 Å². The minimum absolute atomic E-state index is 0.129. The van der Waals surface area contributed by atoms with E-state index in [2.05, 4.69) is 22.8 Å². The predicted octanol–water partition coefficient (Wildman–Crippen LogP) is 6.00. The molecule has 0 rings (SSSR count). The minimum atomic E-state index is -0.597. The first-order valence-corrected chi connectivity index (χ1v) is 10.3. The summed E-state index contributed by atoms with van der Waals surface area (Å²) < 4.78 is 14.6. The number of esters is 1. The first-order valence-electron chi connectivity index (χ1n) is 10.3. The lowest BCUT2D eigenvalue weighted by molar-refractivity contribution is -0.140. The quantitative estimate of drug-likeness (QED) is 0.232. The normalized spacial score (nSPS) is 11.8. The van der Waals surface area contributed by atoms with Gasteiger partial charge < -0.3 is 14.2 Å². The molecule has 0 aromatic rings. The van der Waals surface area contributed by atoms with E-state index in [0.29, 0.717) is 6.42 Å². The number of hydrogen-bond acceptors (Lipinski definition) is 5. The zero-order valence-electron chi connectivity index (χ0n) is 17.1. The van der Waals surface area contributed by atoms with Crippen molar-refractivity contribution in [3.8, 4) is 0 Å². The van der Waals surface area contributed by atoms with Crippen molar-refractivity contribution < 1.29 is 23.8 Å². The average Bonchev–Trinajstić information content (AvgIpc) is 2.65. The van der Waals surface area contributed by atoms with Crippen LogP contribution in [0.2, 0.25) is 0 Å². The molecule has 0 saturated carbocycles. The van der Waals surface area contributed by atoms with Crippen molar-refractivity contribution in [1.82, 2.24) is 0 Å². The Morgan fingerprint density at radius 3 is 2.08 bits per heavy atom. The average molecular weight is 372 g/mol. The summed E-state index contributed by atoms with van der Waals surface area (Å²) in [6.07, 6.45) is 16.3. The Bertz CT molecular complexity index is 343. The second kappa shape index (κ2) is 18.5. The van der Waals surface area contributed by atoms with E-state index in [0.717, 1.165) is 51.4 Å². The monoisotopic (exact) mass is 371 g/mol. The van der Waals surface area contributed by atoms with E-state index < -0.39 is 6.16 Å². The largest absolute Gasteiger partial charge is 0.508 e. The van der Waals surface area contributed by atoms with Gasteiger partial charge >= 0.3 is 12.1 Å². The molecule has 1 unspecified atom stereocenters. The molecule has 0 heterocycles. The van der Waals surface area contributed by atoms with Crippen molar-refractivity contribution >= 4 is 12.1 Å². The van der Waals surface area contributed by atoms with Crippen molar-refractivity contribution in [2.24, 2.45) is 0 Å². The Kier molecular flexibility index (Phi) is 17.6. The molecular weight excluding hydrogens is 332 g/mol. The van der Waals surface area contributed by atoms with Gasteiger partial charge in [0.05, 0.1) is 14.2 Å². The number of ether oxygens (including phenoxy) is 3. The van der Waals surface area contributed by atoms with Gasteiger partial charge in [-0.1, -0.05) is 64.7 Å². The Labute approximate surface area is 160 Å². The van der Waals surface area contributed by atoms with Gasteiger partial charge in [-0.3, -0.25) is 4.79 Å². The van der Waals surface area contributed by atoms with E-state index in [1.54, 1.807) is 0 Å². The van der Waals surface area contributed by atoms with Gasteiger partial charge in [0.2, 0.25) is 0 Å². The lowest BCUT2D eigenvalue weighted by atomic mass is 10.0. The highest BCUT2D eigenvalue weighted by molar-refractivity contribution is 5.68. The molecule has 0 spiro atoms. The fourth-order valence-corrected chi connectivity index (χ4v) is 2.87. The third-order valence-electron chi connectivity index (χ3n) is 4.50. The third-order valence-corrected chi connectivity index (χ3v) is 4.50. The molecule has 0 amide bonds. The van der Waals surface area contributed by atoms with Gasteiger partial charge in [-0.15, -0.1) is 0 Å². The molecule has 5 nitrogen and oxygen atoms in total. The van der Waals surface area contributed by atoms with Gasteiger partial charge in [0, 0.05) is 12.8 Å². The smallest absolute Gasteiger partial charge is 0.469 e. The van der Waals surface area contributed by atoms with E-state index in [9.17, 15) is 9.59 Å². The van der Waals surface area contributed by atoms with Crippen LogP contribution in [0.15, 0.2) is 0 Å². The van der Waals surface area contributed by atoms with Crippen molar-refractivity contribution in [3.05, 3.63) is 6.42 Å². The fourth-order valence-electron chi connectivity index (χ4n) is 2.87. The van der Waals surface area contributed by atoms with Crippen LogP contribution < -0.4 is 0 Å². The molecule has 0 N–H and O–H groups in total. The van der Waals surface area contributed by atoms with Gasteiger partial charge in [0.1, 0.15) is 6.10 Å². The number of unbranched alkanes of at least 4 members (excludes halogenated alkanes) is 10. The van der Waals surface area contributed by atoms with Crippen LogP contribution >= 0.6 is 0 Å². The van der Waals surface area contributed by atoms with E-state index >= 15 is 0 Å². The van der Waals surface area contributed by atoms with Crippen molar-refractivity contribution in [2.75, 3.05) is 14.2 Å². The lowest BCUT2D eigenvalue weighted by Gasteiger charge is -2.16. The summed E-state index contributed by atoms with van der Waals surface area (Å²) in [5, 5.41) is 0. The maximum absolute atomic E-state index is 11.4. The van der Waals surface area contributed by atoms with E-state index in [4.69, 9.17) is 4.74 Å². The van der Waals surface area contributed by atoms with E-state index in [1.165, 1.54) is 46.3 Å². The highest BCUT2D eigenvalue weighted by Gasteiger charge is 2.14. The maximum atomic E-state index is 11.4. The minimum Gasteiger partial charge on any atom is -0.469 e. The van der Waals surface area contributed by atoms with Gasteiger partial charge in [-0.25, -0.2) is 4.79 Å². The molecule has 1 atom stereocenters. The Hall–Kier alpha value is -1.26. The molecule has 1 radical (unpaired) electrons. The van der Waals surface area contributed by atoms with Crippen molar-refractivity contribution in [3.63, 3.8) is 0 Å². The second-order valence-corrected chi connectivity index (χ2v) is 6.79. The summed E-state index contributed by atoms with van der Waals surface area (Å²) in [6.45, 7) is 2.22. The molecule has 0 bridgehead atoms. The summed E-state index contributed by atoms with van der Waals surface area (Å²) >= 11 is 0. The second-order valence-electron chi connectivity index (χ2n) is 6.79. The topological polar surface area (TPSA) is 61.8 Å². The van der Waals surface area contributed by atoms with Crippen LogP contribution in [-0.4, -0.2) is 32.4 Å². The molecule has 0 aliphatic carbocycles. The predicted molar refractivity (Wildman–Crippen MR) is 104 cm³/mol. The van der Waals surface area contributed by atoms with Crippen LogP contribution in [0.25, 0.3) is 0 Å². The number of carbonyl (C=O) groups excluding carboxylic acids is 2. The summed E-state index contributed by atoms with van der Waals surface area (Å²) in [7, 11) is 2.77. The van der Waals surface area contributed by atoms with Crippen molar-refractivity contribution in [2.45, 2.75) is 103 Å². The lowest BCUT2D eigenvalue weighted by Crippen LogP contribution is -2.19. The first-order chi connectivity index (χ1) is 12.6. The first kappa shape index (κ1) is 24.7. The standard InChI is InChI=1S/C21H39O5/c1-4-5-6-7-10-13-16-19(26-21(23)25-3)17-14-11-8-9-12-15-18-20(22)24-2/h17,19H,4-16,18H2,1-3H3. The zero-order valence-corrected chi connectivity index (χ0v) is 17.1. The third kappa shape index (κ3) is 16.2. The molecule has 0 aromatic carbocycles. The molecule has 0 aliphatic rings. The fraction of sp³-hybridized carbons (Fsp3) is 0.857. The Morgan fingerprint density at radius 1 is 0.808 bits per heavy atom. The van der Waals surface area contributed by atoms with Crippen LogP contribution in [0.3, 0.4) is 0 Å². The number of carbonyl (C=O) groups is 2. The van der Waals surface area contributed by atoms with Gasteiger partial charge in [0.15, 0.2) is 0 Å². The van der Waals surface area contributed by atoms with Crippen molar-refractivity contribution in [1.29, 1.82) is 0 Å². The Morgan fingerprint density at radius 2 is 1.42 bits per heavy atom. The zero-order chi connectivity index (χ0) is 19.5. The summed E-state index contributed by atoms with van der Waals surface area (Å²) in [5.41, 5.74) is 0. The molecule has 153 valence electrons. The van der Waals surface area contributed by atoms with Crippen LogP contribution in [0.1, 0.15) is 96.8 Å².